The van der Waals surface area contributed by atoms with E-state index in [4.69, 9.17) is 0 Å². The van der Waals surface area contributed by atoms with Crippen LogP contribution in [0.1, 0.15) is 18.1 Å². The van der Waals surface area contributed by atoms with Crippen LogP contribution >= 0.6 is 11.3 Å². The van der Waals surface area contributed by atoms with E-state index >= 15 is 0 Å². The minimum Gasteiger partial charge on any atom is -0.387 e. The average Bonchev–Trinajstić information content (AvgIpc) is 3.05. The quantitative estimate of drug-likeness (QED) is 0.824. The summed E-state index contributed by atoms with van der Waals surface area (Å²) in [5.41, 5.74) is 0.840. The van der Waals surface area contributed by atoms with Gasteiger partial charge in [-0.05, 0) is 28.5 Å². The molecular formula is C12H15N3O2S. The fraction of sp³-hybridized carbons (Fsp3) is 0.333. The Morgan fingerprint density at radius 3 is 3.17 bits per heavy atom. The summed E-state index contributed by atoms with van der Waals surface area (Å²) in [4.78, 5) is 11.6. The number of hydrogen-bond acceptors (Lipinski definition) is 4. The highest BCUT2D eigenvalue weighted by Gasteiger charge is 2.09. The number of aliphatic hydroxyl groups excluding tert-OH is 1. The molecule has 0 bridgehead atoms. The number of nitrogens with one attached hydrogen (secondary N) is 1. The topological polar surface area (TPSA) is 67.2 Å². The lowest BCUT2D eigenvalue weighted by molar-refractivity contribution is -0.121. The van der Waals surface area contributed by atoms with E-state index in [0.29, 0.717) is 13.0 Å². The summed E-state index contributed by atoms with van der Waals surface area (Å²) in [5.74, 6) is -0.0835. The van der Waals surface area contributed by atoms with E-state index in [1.807, 2.05) is 29.1 Å². The second-order valence-corrected chi connectivity index (χ2v) is 4.68. The van der Waals surface area contributed by atoms with Crippen LogP contribution in [0.25, 0.3) is 0 Å². The molecule has 6 heteroatoms. The van der Waals surface area contributed by atoms with E-state index in [9.17, 15) is 9.90 Å². The van der Waals surface area contributed by atoms with Crippen molar-refractivity contribution in [2.75, 3.05) is 6.54 Å². The van der Waals surface area contributed by atoms with Gasteiger partial charge in [0.2, 0.25) is 5.91 Å². The van der Waals surface area contributed by atoms with E-state index in [2.05, 4.69) is 10.4 Å². The molecule has 0 fully saturated rings. The Balaban J connectivity index is 1.68. The van der Waals surface area contributed by atoms with Crippen molar-refractivity contribution in [2.45, 2.75) is 19.1 Å². The molecule has 0 aliphatic carbocycles. The molecule has 96 valence electrons. The van der Waals surface area contributed by atoms with Crippen molar-refractivity contribution < 1.29 is 9.90 Å². The summed E-state index contributed by atoms with van der Waals surface area (Å²) in [5, 5.41) is 20.3. The van der Waals surface area contributed by atoms with Gasteiger partial charge in [-0.3, -0.25) is 9.48 Å². The Morgan fingerprint density at radius 1 is 1.61 bits per heavy atom. The lowest BCUT2D eigenvalue weighted by Crippen LogP contribution is -2.28. The molecule has 0 spiro atoms. The molecule has 1 amide bonds. The van der Waals surface area contributed by atoms with Gasteiger partial charge in [0.1, 0.15) is 0 Å². The van der Waals surface area contributed by atoms with Gasteiger partial charge in [-0.2, -0.15) is 16.4 Å². The van der Waals surface area contributed by atoms with Crippen LogP contribution in [0.3, 0.4) is 0 Å². The number of rotatable bonds is 6. The summed E-state index contributed by atoms with van der Waals surface area (Å²) in [6, 6.07) is 3.67. The average molecular weight is 265 g/mol. The lowest BCUT2D eigenvalue weighted by Gasteiger charge is -2.10. The Hall–Kier alpha value is -1.66. The zero-order chi connectivity index (χ0) is 12.8. The molecule has 5 nitrogen and oxygen atoms in total. The summed E-state index contributed by atoms with van der Waals surface area (Å²) in [7, 11) is 0. The number of carbonyl (C=O) groups excluding carboxylic acids is 1. The van der Waals surface area contributed by atoms with Gasteiger partial charge in [0.15, 0.2) is 0 Å². The number of thiophene rings is 1. The van der Waals surface area contributed by atoms with Crippen LogP contribution in [0.5, 0.6) is 0 Å². The first-order valence-corrected chi connectivity index (χ1v) is 6.64. The predicted octanol–water partition coefficient (Wildman–Crippen LogP) is 1.18. The van der Waals surface area contributed by atoms with Gasteiger partial charge in [0, 0.05) is 31.9 Å². The van der Waals surface area contributed by atoms with E-state index in [1.165, 1.54) is 11.3 Å². The molecule has 2 aromatic heterocycles. The maximum absolute atomic E-state index is 11.6. The number of amides is 1. The lowest BCUT2D eigenvalue weighted by atomic mass is 10.2. The standard InChI is InChI=1S/C12H15N3O2S/c16-11(10-3-7-18-9-10)8-13-12(17)2-6-15-5-1-4-14-15/h1,3-5,7,9,11,16H,2,6,8H2,(H,13,17). The fourth-order valence-electron chi connectivity index (χ4n) is 1.53. The van der Waals surface area contributed by atoms with Crippen LogP contribution in [-0.4, -0.2) is 27.3 Å². The molecule has 0 aliphatic heterocycles. The number of aromatic nitrogens is 2. The van der Waals surface area contributed by atoms with Crippen LogP contribution < -0.4 is 5.32 Å². The summed E-state index contributed by atoms with van der Waals surface area (Å²) in [6.07, 6.45) is 3.22. The zero-order valence-electron chi connectivity index (χ0n) is 9.82. The summed E-state index contributed by atoms with van der Waals surface area (Å²) in [6.45, 7) is 0.794. The summed E-state index contributed by atoms with van der Waals surface area (Å²) < 4.78 is 1.70. The van der Waals surface area contributed by atoms with Crippen molar-refractivity contribution >= 4 is 17.2 Å². The second kappa shape index (κ2) is 6.32. The van der Waals surface area contributed by atoms with Gasteiger partial charge in [-0.15, -0.1) is 0 Å². The van der Waals surface area contributed by atoms with Gasteiger partial charge in [-0.1, -0.05) is 0 Å². The fourth-order valence-corrected chi connectivity index (χ4v) is 2.24. The second-order valence-electron chi connectivity index (χ2n) is 3.90. The van der Waals surface area contributed by atoms with Crippen molar-refractivity contribution in [1.82, 2.24) is 15.1 Å². The molecular weight excluding hydrogens is 250 g/mol. The first kappa shape index (κ1) is 12.8. The minimum atomic E-state index is -0.634. The molecule has 2 N–H and O–H groups in total. The van der Waals surface area contributed by atoms with Crippen LogP contribution in [0.2, 0.25) is 0 Å². The van der Waals surface area contributed by atoms with Crippen molar-refractivity contribution in [3.05, 3.63) is 40.8 Å². The molecule has 0 radical (unpaired) electrons. The van der Waals surface area contributed by atoms with E-state index in [0.717, 1.165) is 5.56 Å². The van der Waals surface area contributed by atoms with Crippen LogP contribution in [-0.2, 0) is 11.3 Å². The first-order valence-electron chi connectivity index (χ1n) is 5.70. The Kier molecular flexibility index (Phi) is 4.49. The number of nitrogens with zero attached hydrogens (tertiary/aromatic N) is 2. The van der Waals surface area contributed by atoms with E-state index in [1.54, 1.807) is 10.9 Å². The molecule has 0 saturated carbocycles. The SMILES string of the molecule is O=C(CCn1cccn1)NCC(O)c1ccsc1. The highest BCUT2D eigenvalue weighted by molar-refractivity contribution is 7.07. The monoisotopic (exact) mass is 265 g/mol. The van der Waals surface area contributed by atoms with Crippen molar-refractivity contribution in [3.8, 4) is 0 Å². The third kappa shape index (κ3) is 3.68. The maximum Gasteiger partial charge on any atom is 0.221 e. The third-order valence-corrected chi connectivity index (χ3v) is 3.25. The molecule has 0 aliphatic rings. The number of aryl methyl sites for hydroxylation is 1. The molecule has 1 atom stereocenters. The van der Waals surface area contributed by atoms with Crippen molar-refractivity contribution in [3.63, 3.8) is 0 Å². The molecule has 2 aromatic rings. The third-order valence-electron chi connectivity index (χ3n) is 2.55. The number of hydrogen-bond donors (Lipinski definition) is 2. The maximum atomic E-state index is 11.6. The number of aliphatic hydroxyl groups is 1. The van der Waals surface area contributed by atoms with E-state index < -0.39 is 6.10 Å². The highest BCUT2D eigenvalue weighted by atomic mass is 32.1. The van der Waals surface area contributed by atoms with Gasteiger partial charge >= 0.3 is 0 Å². The Labute approximate surface area is 109 Å². The van der Waals surface area contributed by atoms with Crippen LogP contribution in [0.4, 0.5) is 0 Å². The Morgan fingerprint density at radius 2 is 2.50 bits per heavy atom. The van der Waals surface area contributed by atoms with Gasteiger partial charge in [-0.25, -0.2) is 0 Å². The molecule has 1 unspecified atom stereocenters. The van der Waals surface area contributed by atoms with Gasteiger partial charge in [0.05, 0.1) is 6.10 Å². The zero-order valence-corrected chi connectivity index (χ0v) is 10.6. The predicted molar refractivity (Wildman–Crippen MR) is 69.1 cm³/mol. The van der Waals surface area contributed by atoms with Crippen LogP contribution in [0, 0.1) is 0 Å². The summed E-state index contributed by atoms with van der Waals surface area (Å²) >= 11 is 1.53. The van der Waals surface area contributed by atoms with Crippen molar-refractivity contribution in [1.29, 1.82) is 0 Å². The molecule has 2 heterocycles. The minimum absolute atomic E-state index is 0.0835. The van der Waals surface area contributed by atoms with Crippen molar-refractivity contribution in [2.24, 2.45) is 0 Å². The van der Waals surface area contributed by atoms with E-state index in [-0.39, 0.29) is 12.5 Å². The molecule has 18 heavy (non-hydrogen) atoms. The molecule has 0 aromatic carbocycles. The smallest absolute Gasteiger partial charge is 0.221 e. The normalized spacial score (nSPS) is 12.3. The van der Waals surface area contributed by atoms with Crippen LogP contribution in [0.15, 0.2) is 35.3 Å². The van der Waals surface area contributed by atoms with Gasteiger partial charge in [0.25, 0.3) is 0 Å². The first-order chi connectivity index (χ1) is 8.75. The molecule has 0 saturated heterocycles. The highest BCUT2D eigenvalue weighted by Crippen LogP contribution is 2.14. The van der Waals surface area contributed by atoms with Gasteiger partial charge < -0.3 is 10.4 Å². The largest absolute Gasteiger partial charge is 0.387 e. The Bertz CT molecular complexity index is 467. The molecule has 2 rings (SSSR count). The number of carbonyl (C=O) groups is 1.